The molecule has 2 aromatic carbocycles. The Balaban J connectivity index is 1.78. The zero-order chi connectivity index (χ0) is 21.0. The van der Waals surface area contributed by atoms with Gasteiger partial charge in [-0.25, -0.2) is 0 Å². The molecule has 152 valence electrons. The molecule has 0 aliphatic heterocycles. The Morgan fingerprint density at radius 3 is 2.59 bits per heavy atom. The van der Waals surface area contributed by atoms with E-state index in [1.54, 1.807) is 14.2 Å². The van der Waals surface area contributed by atoms with Crippen molar-refractivity contribution in [1.29, 1.82) is 0 Å². The van der Waals surface area contributed by atoms with Crippen molar-refractivity contribution in [1.82, 2.24) is 14.9 Å². The molecule has 3 aromatic rings. The number of anilines is 2. The van der Waals surface area contributed by atoms with Gasteiger partial charge in [-0.05, 0) is 48.7 Å². The molecule has 3 N–H and O–H groups in total. The molecular formula is C20H23N5O3S. The van der Waals surface area contributed by atoms with Gasteiger partial charge in [-0.1, -0.05) is 30.0 Å². The number of aryl methyl sites for hydroxylation is 1. The third kappa shape index (κ3) is 4.45. The summed E-state index contributed by atoms with van der Waals surface area (Å²) in [6.07, 6.45) is 0. The normalized spacial score (nSPS) is 10.6. The molecule has 0 bridgehead atoms. The first-order chi connectivity index (χ1) is 13.9. The summed E-state index contributed by atoms with van der Waals surface area (Å²) in [7, 11) is 3.17. The molecule has 0 aliphatic carbocycles. The molecule has 0 spiro atoms. The lowest BCUT2D eigenvalue weighted by molar-refractivity contribution is 0.354. The number of hydrogen-bond donors (Lipinski definition) is 2. The fraction of sp³-hybridized carbons (Fsp3) is 0.250. The van der Waals surface area contributed by atoms with E-state index < -0.39 is 5.56 Å². The number of nitrogens with one attached hydrogen (secondary N) is 1. The lowest BCUT2D eigenvalue weighted by Crippen LogP contribution is -2.32. The zero-order valence-electron chi connectivity index (χ0n) is 16.7. The zero-order valence-corrected chi connectivity index (χ0v) is 17.5. The van der Waals surface area contributed by atoms with E-state index in [0.29, 0.717) is 22.4 Å². The van der Waals surface area contributed by atoms with E-state index in [-0.39, 0.29) is 5.82 Å². The first kappa shape index (κ1) is 20.5. The van der Waals surface area contributed by atoms with Crippen molar-refractivity contribution in [2.75, 3.05) is 25.4 Å². The predicted molar refractivity (Wildman–Crippen MR) is 115 cm³/mol. The maximum absolute atomic E-state index is 12.6. The largest absolute Gasteiger partial charge is 0.493 e. The summed E-state index contributed by atoms with van der Waals surface area (Å²) in [4.78, 5) is 12.6. The number of nitrogens with zero attached hydrogens (tertiary/aromatic N) is 3. The van der Waals surface area contributed by atoms with Crippen LogP contribution in [0, 0.1) is 13.8 Å². The van der Waals surface area contributed by atoms with Crippen LogP contribution in [0.3, 0.4) is 0 Å². The van der Waals surface area contributed by atoms with Crippen molar-refractivity contribution in [2.45, 2.75) is 24.8 Å². The quantitative estimate of drug-likeness (QED) is 0.450. The van der Waals surface area contributed by atoms with Gasteiger partial charge >= 0.3 is 5.56 Å². The van der Waals surface area contributed by atoms with E-state index in [4.69, 9.17) is 15.3 Å². The molecule has 0 saturated heterocycles. The van der Waals surface area contributed by atoms with Crippen LogP contribution in [0.4, 0.5) is 11.5 Å². The molecule has 0 atom stereocenters. The summed E-state index contributed by atoms with van der Waals surface area (Å²) in [6, 6.07) is 11.4. The fourth-order valence-corrected chi connectivity index (χ4v) is 3.49. The number of ether oxygens (including phenoxy) is 2. The van der Waals surface area contributed by atoms with Gasteiger partial charge in [0.2, 0.25) is 11.0 Å². The minimum Gasteiger partial charge on any atom is -0.493 e. The summed E-state index contributed by atoms with van der Waals surface area (Å²) < 4.78 is 11.6. The van der Waals surface area contributed by atoms with Crippen molar-refractivity contribution in [3.8, 4) is 11.5 Å². The minimum atomic E-state index is -0.448. The first-order valence-electron chi connectivity index (χ1n) is 8.86. The third-order valence-electron chi connectivity index (χ3n) is 4.54. The van der Waals surface area contributed by atoms with Gasteiger partial charge in [0, 0.05) is 11.4 Å². The molecule has 9 heteroatoms. The van der Waals surface area contributed by atoms with Gasteiger partial charge in [-0.15, -0.1) is 10.2 Å². The number of hydrogen-bond acceptors (Lipinski definition) is 8. The van der Waals surface area contributed by atoms with Crippen LogP contribution in [-0.2, 0) is 5.75 Å². The molecule has 3 rings (SSSR count). The van der Waals surface area contributed by atoms with Crippen LogP contribution in [0.2, 0.25) is 0 Å². The number of nitrogen functional groups attached to an aromatic ring is 1. The van der Waals surface area contributed by atoms with Gasteiger partial charge in [0.1, 0.15) is 0 Å². The Bertz CT molecular complexity index is 1080. The Labute approximate surface area is 173 Å². The highest BCUT2D eigenvalue weighted by atomic mass is 32.2. The molecule has 0 aliphatic rings. The second kappa shape index (κ2) is 8.87. The maximum Gasteiger partial charge on any atom is 0.315 e. The van der Waals surface area contributed by atoms with Crippen LogP contribution in [0.1, 0.15) is 16.7 Å². The molecule has 0 fully saturated rings. The van der Waals surface area contributed by atoms with Crippen LogP contribution >= 0.6 is 11.8 Å². The van der Waals surface area contributed by atoms with Crippen molar-refractivity contribution in [3.05, 3.63) is 63.4 Å². The SMILES string of the molecule is COc1ccc(CSc2nnc(Nc3cccc(C)c3C)c(=O)n2N)cc1OC. The summed E-state index contributed by atoms with van der Waals surface area (Å²) in [6.45, 7) is 3.97. The highest BCUT2D eigenvalue weighted by Gasteiger charge is 2.13. The Morgan fingerprint density at radius 1 is 1.10 bits per heavy atom. The smallest absolute Gasteiger partial charge is 0.315 e. The van der Waals surface area contributed by atoms with Crippen LogP contribution < -0.4 is 26.2 Å². The summed E-state index contributed by atoms with van der Waals surface area (Å²) in [5.41, 5.74) is 3.46. The molecule has 0 unspecified atom stereocenters. The Morgan fingerprint density at radius 2 is 1.86 bits per heavy atom. The summed E-state index contributed by atoms with van der Waals surface area (Å²) in [5.74, 6) is 7.87. The van der Waals surface area contributed by atoms with Crippen molar-refractivity contribution >= 4 is 23.3 Å². The average molecular weight is 414 g/mol. The standard InChI is InChI=1S/C20H23N5O3S/c1-12-6-5-7-15(13(12)2)22-18-19(26)25(21)20(24-23-18)29-11-14-8-9-16(27-3)17(10-14)28-4/h5-10H,11,21H2,1-4H3,(H,22,23). The summed E-state index contributed by atoms with van der Waals surface area (Å²) >= 11 is 1.31. The predicted octanol–water partition coefficient (Wildman–Crippen LogP) is 3.02. The van der Waals surface area contributed by atoms with Crippen LogP contribution in [0.15, 0.2) is 46.3 Å². The lowest BCUT2D eigenvalue weighted by Gasteiger charge is -2.12. The topological polar surface area (TPSA) is 104 Å². The van der Waals surface area contributed by atoms with Crippen LogP contribution in [0.5, 0.6) is 11.5 Å². The Hall–Kier alpha value is -3.20. The van der Waals surface area contributed by atoms with E-state index in [1.165, 1.54) is 11.8 Å². The van der Waals surface area contributed by atoms with Gasteiger partial charge in [0.25, 0.3) is 0 Å². The van der Waals surface area contributed by atoms with Crippen molar-refractivity contribution in [3.63, 3.8) is 0 Å². The maximum atomic E-state index is 12.6. The second-order valence-electron chi connectivity index (χ2n) is 6.36. The van der Waals surface area contributed by atoms with E-state index in [0.717, 1.165) is 27.1 Å². The minimum absolute atomic E-state index is 0.0802. The highest BCUT2D eigenvalue weighted by molar-refractivity contribution is 7.98. The molecule has 0 saturated carbocycles. The monoisotopic (exact) mass is 413 g/mol. The number of thioether (sulfide) groups is 1. The molecule has 1 aromatic heterocycles. The van der Waals surface area contributed by atoms with E-state index >= 15 is 0 Å². The lowest BCUT2D eigenvalue weighted by atomic mass is 10.1. The number of methoxy groups -OCH3 is 2. The van der Waals surface area contributed by atoms with Crippen molar-refractivity contribution < 1.29 is 9.47 Å². The van der Waals surface area contributed by atoms with Gasteiger partial charge in [-0.2, -0.15) is 4.68 Å². The van der Waals surface area contributed by atoms with Crippen molar-refractivity contribution in [2.24, 2.45) is 0 Å². The van der Waals surface area contributed by atoms with E-state index in [1.807, 2.05) is 50.2 Å². The first-order valence-corrected chi connectivity index (χ1v) is 9.85. The van der Waals surface area contributed by atoms with Gasteiger partial charge in [0.05, 0.1) is 14.2 Å². The molecule has 1 heterocycles. The van der Waals surface area contributed by atoms with E-state index in [9.17, 15) is 4.79 Å². The van der Waals surface area contributed by atoms with Crippen LogP contribution in [-0.4, -0.2) is 29.1 Å². The van der Waals surface area contributed by atoms with Gasteiger partial charge in [0.15, 0.2) is 11.5 Å². The van der Waals surface area contributed by atoms with E-state index in [2.05, 4.69) is 15.5 Å². The van der Waals surface area contributed by atoms with Crippen LogP contribution in [0.25, 0.3) is 0 Å². The molecular weight excluding hydrogens is 390 g/mol. The van der Waals surface area contributed by atoms with Gasteiger partial charge < -0.3 is 20.6 Å². The Kier molecular flexibility index (Phi) is 6.28. The number of rotatable bonds is 7. The molecule has 0 amide bonds. The fourth-order valence-electron chi connectivity index (χ4n) is 2.69. The summed E-state index contributed by atoms with van der Waals surface area (Å²) in [5, 5.41) is 11.5. The molecule has 29 heavy (non-hydrogen) atoms. The average Bonchev–Trinajstić information content (AvgIpc) is 2.73. The molecule has 8 nitrogen and oxygen atoms in total. The third-order valence-corrected chi connectivity index (χ3v) is 5.55. The number of nitrogens with two attached hydrogens (primary N) is 1. The van der Waals surface area contributed by atoms with Gasteiger partial charge in [-0.3, -0.25) is 4.79 Å². The second-order valence-corrected chi connectivity index (χ2v) is 7.30. The molecule has 0 radical (unpaired) electrons. The highest BCUT2D eigenvalue weighted by Crippen LogP contribution is 2.30. The number of benzene rings is 2. The number of aromatic nitrogens is 3.